The van der Waals surface area contributed by atoms with Crippen molar-refractivity contribution in [3.63, 3.8) is 0 Å². The van der Waals surface area contributed by atoms with Crippen LogP contribution < -0.4 is 5.73 Å². The lowest BCUT2D eigenvalue weighted by atomic mass is 9.98. The maximum absolute atomic E-state index is 12.7. The fourth-order valence-corrected chi connectivity index (χ4v) is 5.29. The number of thioether (sulfide) groups is 1. The van der Waals surface area contributed by atoms with Crippen molar-refractivity contribution in [1.82, 2.24) is 4.90 Å². The quantitative estimate of drug-likeness (QED) is 0.858. The number of carbonyl (C=O) groups excluding carboxylic acids is 1. The van der Waals surface area contributed by atoms with Crippen LogP contribution in [-0.4, -0.2) is 35.2 Å². The third-order valence-electron chi connectivity index (χ3n) is 5.15. The molecular weight excluding hydrogens is 268 g/mol. The number of nitrogens with two attached hydrogens (primary N) is 1. The van der Waals surface area contributed by atoms with Gasteiger partial charge in [-0.2, -0.15) is 0 Å². The number of nitrogens with zero attached hydrogens (tertiary/aromatic N) is 1. The molecule has 4 heteroatoms. The number of rotatable bonds is 1. The molecule has 2 aliphatic heterocycles. The summed E-state index contributed by atoms with van der Waals surface area (Å²) in [6, 6.07) is 8.70. The first-order chi connectivity index (χ1) is 9.72. The van der Waals surface area contributed by atoms with E-state index >= 15 is 0 Å². The van der Waals surface area contributed by atoms with E-state index in [2.05, 4.69) is 29.2 Å². The van der Waals surface area contributed by atoms with Crippen LogP contribution in [0.15, 0.2) is 29.2 Å². The standard InChI is InChI=1S/C16H20N2OS/c17-13-6-5-11-8-18(9-12(11)13)16(19)15-7-10-3-1-2-4-14(10)20-15/h1-4,11-13,15H,5-9,17H2. The SMILES string of the molecule is NC1CCC2CN(C(=O)C3Cc4ccccc4S3)CC12. The van der Waals surface area contributed by atoms with Gasteiger partial charge in [0, 0.05) is 24.0 Å². The number of hydrogen-bond acceptors (Lipinski definition) is 3. The van der Waals surface area contributed by atoms with E-state index < -0.39 is 0 Å². The van der Waals surface area contributed by atoms with Gasteiger partial charge in [-0.3, -0.25) is 4.79 Å². The van der Waals surface area contributed by atoms with Gasteiger partial charge in [-0.1, -0.05) is 18.2 Å². The molecular formula is C16H20N2OS. The molecule has 0 radical (unpaired) electrons. The van der Waals surface area contributed by atoms with Crippen molar-refractivity contribution < 1.29 is 4.79 Å². The smallest absolute Gasteiger partial charge is 0.236 e. The topological polar surface area (TPSA) is 46.3 Å². The Kier molecular flexibility index (Phi) is 3.04. The van der Waals surface area contributed by atoms with Crippen LogP contribution >= 0.6 is 11.8 Å². The fourth-order valence-electron chi connectivity index (χ4n) is 4.01. The number of hydrogen-bond donors (Lipinski definition) is 1. The summed E-state index contributed by atoms with van der Waals surface area (Å²) in [6.07, 6.45) is 3.23. The van der Waals surface area contributed by atoms with E-state index in [0.29, 0.717) is 23.8 Å². The molecule has 1 saturated heterocycles. The number of carbonyl (C=O) groups is 1. The predicted octanol–water partition coefficient (Wildman–Crippen LogP) is 1.90. The normalized spacial score (nSPS) is 35.1. The molecule has 2 fully saturated rings. The van der Waals surface area contributed by atoms with Gasteiger partial charge in [0.15, 0.2) is 0 Å². The maximum Gasteiger partial charge on any atom is 0.236 e. The van der Waals surface area contributed by atoms with Crippen LogP contribution in [0.25, 0.3) is 0 Å². The summed E-state index contributed by atoms with van der Waals surface area (Å²) < 4.78 is 0. The molecule has 106 valence electrons. The Morgan fingerprint density at radius 2 is 2.10 bits per heavy atom. The second-order valence-electron chi connectivity index (χ2n) is 6.33. The van der Waals surface area contributed by atoms with Gasteiger partial charge >= 0.3 is 0 Å². The van der Waals surface area contributed by atoms with Crippen molar-refractivity contribution in [3.8, 4) is 0 Å². The summed E-state index contributed by atoms with van der Waals surface area (Å²) in [5.41, 5.74) is 7.49. The summed E-state index contributed by atoms with van der Waals surface area (Å²) in [5, 5.41) is 0.0856. The van der Waals surface area contributed by atoms with Gasteiger partial charge in [0.05, 0.1) is 5.25 Å². The highest BCUT2D eigenvalue weighted by molar-refractivity contribution is 8.01. The minimum atomic E-state index is 0.0856. The lowest BCUT2D eigenvalue weighted by molar-refractivity contribution is -0.129. The zero-order valence-corrected chi connectivity index (χ0v) is 12.3. The Labute approximate surface area is 123 Å². The second kappa shape index (κ2) is 4.78. The average Bonchev–Trinajstić information content (AvgIpc) is 3.13. The first kappa shape index (κ1) is 12.7. The zero-order valence-electron chi connectivity index (χ0n) is 11.5. The first-order valence-corrected chi connectivity index (χ1v) is 8.39. The van der Waals surface area contributed by atoms with Crippen molar-refractivity contribution in [2.24, 2.45) is 17.6 Å². The van der Waals surface area contributed by atoms with Crippen LogP contribution in [0.1, 0.15) is 18.4 Å². The van der Waals surface area contributed by atoms with Crippen molar-refractivity contribution >= 4 is 17.7 Å². The van der Waals surface area contributed by atoms with Gasteiger partial charge < -0.3 is 10.6 Å². The summed E-state index contributed by atoms with van der Waals surface area (Å²) in [5.74, 6) is 1.53. The number of fused-ring (bicyclic) bond motifs is 2. The van der Waals surface area contributed by atoms with E-state index in [1.54, 1.807) is 11.8 Å². The van der Waals surface area contributed by atoms with Crippen LogP contribution in [0.3, 0.4) is 0 Å². The zero-order chi connectivity index (χ0) is 13.7. The molecule has 1 amide bonds. The van der Waals surface area contributed by atoms with Crippen molar-refractivity contribution in [3.05, 3.63) is 29.8 Å². The van der Waals surface area contributed by atoms with E-state index in [4.69, 9.17) is 5.73 Å². The second-order valence-corrected chi connectivity index (χ2v) is 7.57. The van der Waals surface area contributed by atoms with Crippen LogP contribution in [0.2, 0.25) is 0 Å². The van der Waals surface area contributed by atoms with E-state index in [1.165, 1.54) is 16.9 Å². The van der Waals surface area contributed by atoms with Gasteiger partial charge in [-0.05, 0) is 42.7 Å². The summed E-state index contributed by atoms with van der Waals surface area (Å²) >= 11 is 1.74. The molecule has 1 aliphatic carbocycles. The molecule has 2 heterocycles. The molecule has 2 N–H and O–H groups in total. The summed E-state index contributed by atoms with van der Waals surface area (Å²) in [6.45, 7) is 1.82. The van der Waals surface area contributed by atoms with Gasteiger partial charge in [0.2, 0.25) is 5.91 Å². The molecule has 0 aromatic heterocycles. The Morgan fingerprint density at radius 1 is 1.25 bits per heavy atom. The van der Waals surface area contributed by atoms with Crippen LogP contribution in [0.4, 0.5) is 0 Å². The minimum absolute atomic E-state index is 0.0856. The Morgan fingerprint density at radius 3 is 2.90 bits per heavy atom. The average molecular weight is 288 g/mol. The van der Waals surface area contributed by atoms with Gasteiger partial charge in [-0.15, -0.1) is 11.8 Å². The third kappa shape index (κ3) is 1.97. The Hall–Kier alpha value is -1.00. The summed E-state index contributed by atoms with van der Waals surface area (Å²) in [4.78, 5) is 16.1. The third-order valence-corrected chi connectivity index (χ3v) is 6.45. The lowest BCUT2D eigenvalue weighted by Crippen LogP contribution is -2.38. The Balaban J connectivity index is 1.45. The highest BCUT2D eigenvalue weighted by atomic mass is 32.2. The minimum Gasteiger partial charge on any atom is -0.341 e. The van der Waals surface area contributed by atoms with E-state index in [1.807, 2.05) is 0 Å². The fraction of sp³-hybridized carbons (Fsp3) is 0.562. The largest absolute Gasteiger partial charge is 0.341 e. The molecule has 3 nitrogen and oxygen atoms in total. The van der Waals surface area contributed by atoms with Crippen LogP contribution in [-0.2, 0) is 11.2 Å². The molecule has 4 unspecified atom stereocenters. The molecule has 1 aromatic rings. The van der Waals surface area contributed by atoms with E-state index in [9.17, 15) is 4.79 Å². The monoisotopic (exact) mass is 288 g/mol. The van der Waals surface area contributed by atoms with Crippen molar-refractivity contribution in [2.45, 2.75) is 35.4 Å². The Bertz CT molecular complexity index is 522. The predicted molar refractivity (Wildman–Crippen MR) is 80.6 cm³/mol. The molecule has 1 aromatic carbocycles. The number of benzene rings is 1. The molecule has 0 spiro atoms. The van der Waals surface area contributed by atoms with Crippen LogP contribution in [0.5, 0.6) is 0 Å². The van der Waals surface area contributed by atoms with E-state index in [-0.39, 0.29) is 5.25 Å². The molecule has 4 rings (SSSR count). The molecule has 20 heavy (non-hydrogen) atoms. The number of likely N-dealkylation sites (tertiary alicyclic amines) is 1. The highest BCUT2D eigenvalue weighted by Crippen LogP contribution is 2.41. The van der Waals surface area contributed by atoms with E-state index in [0.717, 1.165) is 25.9 Å². The lowest BCUT2D eigenvalue weighted by Gasteiger charge is -2.21. The van der Waals surface area contributed by atoms with Gasteiger partial charge in [0.25, 0.3) is 0 Å². The van der Waals surface area contributed by atoms with Crippen molar-refractivity contribution in [2.75, 3.05) is 13.1 Å². The van der Waals surface area contributed by atoms with Crippen molar-refractivity contribution in [1.29, 1.82) is 0 Å². The van der Waals surface area contributed by atoms with Gasteiger partial charge in [-0.25, -0.2) is 0 Å². The maximum atomic E-state index is 12.7. The molecule has 4 atom stereocenters. The number of amides is 1. The molecule has 1 saturated carbocycles. The molecule has 0 bridgehead atoms. The first-order valence-electron chi connectivity index (χ1n) is 7.51. The molecule has 3 aliphatic rings. The highest BCUT2D eigenvalue weighted by Gasteiger charge is 2.44. The van der Waals surface area contributed by atoms with Gasteiger partial charge in [0.1, 0.15) is 0 Å². The summed E-state index contributed by atoms with van der Waals surface area (Å²) in [7, 11) is 0. The van der Waals surface area contributed by atoms with Crippen LogP contribution in [0, 0.1) is 11.8 Å².